The summed E-state index contributed by atoms with van der Waals surface area (Å²) in [6, 6.07) is 12.1. The summed E-state index contributed by atoms with van der Waals surface area (Å²) < 4.78 is 258. The molecule has 1 atom stereocenters. The zero-order valence-corrected chi connectivity index (χ0v) is 25.3. The Morgan fingerprint density at radius 1 is 0.585 bits per heavy atom. The van der Waals surface area contributed by atoms with Crippen LogP contribution in [0.2, 0.25) is 0 Å². The second-order valence-electron chi connectivity index (χ2n) is 11.1. The van der Waals surface area contributed by atoms with E-state index in [0.29, 0.717) is 22.3 Å². The van der Waals surface area contributed by atoms with Crippen molar-refractivity contribution in [2.24, 2.45) is 5.41 Å². The van der Waals surface area contributed by atoms with E-state index in [9.17, 15) is 93.7 Å². The molecule has 0 spiro atoms. The summed E-state index contributed by atoms with van der Waals surface area (Å²) in [7, 11) is 0. The van der Waals surface area contributed by atoms with Crippen molar-refractivity contribution in [3.8, 4) is 11.1 Å². The molecule has 1 aliphatic rings. The average Bonchev–Trinajstić information content (AvgIpc) is 3.28. The molecule has 0 radical (unpaired) electrons. The van der Waals surface area contributed by atoms with Gasteiger partial charge in [-0.05, 0) is 22.3 Å². The molecular formula is C28H19F18NO6. The minimum atomic E-state index is -7.90. The lowest BCUT2D eigenvalue weighted by molar-refractivity contribution is -0.469. The third kappa shape index (κ3) is 7.62. The summed E-state index contributed by atoms with van der Waals surface area (Å²) in [5, 5.41) is 10.5. The monoisotopic (exact) mass is 807 g/mol. The quantitative estimate of drug-likeness (QED) is 0.222. The van der Waals surface area contributed by atoms with Crippen LogP contribution in [-0.2, 0) is 19.0 Å². The van der Waals surface area contributed by atoms with Crippen LogP contribution in [0.5, 0.6) is 0 Å². The Morgan fingerprint density at radius 3 is 1.32 bits per heavy atom. The van der Waals surface area contributed by atoms with Gasteiger partial charge >= 0.3 is 54.7 Å². The maximum atomic E-state index is 14.4. The average molecular weight is 807 g/mol. The highest BCUT2D eigenvalue weighted by molar-refractivity contribution is 5.80. The van der Waals surface area contributed by atoms with Gasteiger partial charge in [-0.15, -0.1) is 0 Å². The fraction of sp³-hybridized carbons (Fsp3) is 0.500. The van der Waals surface area contributed by atoms with Gasteiger partial charge in [0, 0.05) is 12.5 Å². The first kappa shape index (κ1) is 43.2. The highest BCUT2D eigenvalue weighted by atomic mass is 19.4. The zero-order valence-electron chi connectivity index (χ0n) is 25.3. The number of halogens is 18. The summed E-state index contributed by atoms with van der Waals surface area (Å²) in [5.74, 6) is -5.00. The van der Waals surface area contributed by atoms with E-state index in [4.69, 9.17) is 4.74 Å². The maximum absolute atomic E-state index is 14.4. The Kier molecular flexibility index (Phi) is 11.4. The number of fused-ring (bicyclic) bond motifs is 3. The Bertz CT molecular complexity index is 1550. The van der Waals surface area contributed by atoms with E-state index in [1.165, 1.54) is 24.3 Å². The van der Waals surface area contributed by atoms with Gasteiger partial charge in [0.15, 0.2) is 5.41 Å². The SMILES string of the molecule is O=C(NCC(COC(C(F)(F)F)(C(F)(F)F)C(F)(F)F)(C(=O)O)C(OCC(F)(F)F)(C(F)(F)F)C(F)(F)F)OCC1c2ccccc2-c2ccccc21. The van der Waals surface area contributed by atoms with Crippen LogP contribution >= 0.6 is 0 Å². The molecule has 7 nitrogen and oxygen atoms in total. The Morgan fingerprint density at radius 2 is 0.962 bits per heavy atom. The van der Waals surface area contributed by atoms with Crippen molar-refractivity contribution in [2.45, 2.75) is 54.2 Å². The van der Waals surface area contributed by atoms with E-state index in [1.807, 2.05) is 0 Å². The molecule has 1 aliphatic carbocycles. The van der Waals surface area contributed by atoms with Gasteiger partial charge in [-0.1, -0.05) is 48.5 Å². The van der Waals surface area contributed by atoms with Gasteiger partial charge in [0.1, 0.15) is 13.2 Å². The van der Waals surface area contributed by atoms with Crippen molar-refractivity contribution in [2.75, 3.05) is 26.4 Å². The lowest BCUT2D eigenvalue weighted by Gasteiger charge is -2.49. The van der Waals surface area contributed by atoms with Gasteiger partial charge in [0.25, 0.3) is 5.60 Å². The first-order valence-electron chi connectivity index (χ1n) is 13.8. The van der Waals surface area contributed by atoms with E-state index < -0.39 is 98.0 Å². The van der Waals surface area contributed by atoms with Crippen LogP contribution in [0.1, 0.15) is 17.0 Å². The summed E-state index contributed by atoms with van der Waals surface area (Å²) in [4.78, 5) is 25.0. The normalized spacial score (nSPS) is 16.1. The van der Waals surface area contributed by atoms with Crippen LogP contribution in [0.3, 0.4) is 0 Å². The molecule has 0 saturated carbocycles. The van der Waals surface area contributed by atoms with Crippen LogP contribution in [-0.4, -0.2) is 91.8 Å². The van der Waals surface area contributed by atoms with Crippen LogP contribution in [0.25, 0.3) is 11.1 Å². The Hall–Kier alpha value is -4.16. The molecule has 0 heterocycles. The molecule has 3 rings (SSSR count). The topological polar surface area (TPSA) is 94.1 Å². The number of aliphatic carboxylic acids is 1. The van der Waals surface area contributed by atoms with Gasteiger partial charge in [0.05, 0.1) is 6.61 Å². The maximum Gasteiger partial charge on any atom is 0.435 e. The molecule has 1 unspecified atom stereocenters. The molecule has 2 aromatic carbocycles. The third-order valence-electron chi connectivity index (χ3n) is 7.94. The molecule has 1 amide bonds. The highest BCUT2D eigenvalue weighted by Gasteiger charge is 2.88. The van der Waals surface area contributed by atoms with Crippen LogP contribution in [0.4, 0.5) is 83.8 Å². The van der Waals surface area contributed by atoms with Gasteiger partial charge in [0.2, 0.25) is 0 Å². The number of hydrogen-bond donors (Lipinski definition) is 2. The zero-order chi connectivity index (χ0) is 40.9. The summed E-state index contributed by atoms with van der Waals surface area (Å²) >= 11 is 0. The summed E-state index contributed by atoms with van der Waals surface area (Å²) in [6.45, 7) is -12.1. The lowest BCUT2D eigenvalue weighted by atomic mass is 9.70. The molecule has 0 bridgehead atoms. The second kappa shape index (κ2) is 13.9. The Labute approximate surface area is 282 Å². The second-order valence-corrected chi connectivity index (χ2v) is 11.1. The molecular weight excluding hydrogens is 788 g/mol. The molecule has 0 saturated heterocycles. The number of carboxylic acid groups (broad SMARTS) is 1. The number of hydrogen-bond acceptors (Lipinski definition) is 5. The van der Waals surface area contributed by atoms with Gasteiger partial charge < -0.3 is 24.6 Å². The standard InChI is InChI=1S/C28H19F18NO6/c29-21(30,31)12-53-22(24(32,33)34,25(35,36)37)20(18(48)49,11-52-23(26(38,39)40,27(41,42)43)28(44,45)46)10-47-19(50)51-9-17-15-7-3-1-5-13(15)14-6-2-4-8-16(14)17/h1-8,17H,9-12H2,(H,47,50)(H,48,49). The predicted octanol–water partition coefficient (Wildman–Crippen LogP) is 8.48. The molecule has 0 fully saturated rings. The molecule has 0 aliphatic heterocycles. The number of amides is 1. The molecule has 2 aromatic rings. The van der Waals surface area contributed by atoms with Crippen molar-refractivity contribution < 1.29 is 108 Å². The predicted molar refractivity (Wildman–Crippen MR) is 137 cm³/mol. The van der Waals surface area contributed by atoms with Crippen molar-refractivity contribution in [1.82, 2.24) is 5.32 Å². The van der Waals surface area contributed by atoms with Gasteiger partial charge in [-0.3, -0.25) is 4.79 Å². The minimum Gasteiger partial charge on any atom is -0.481 e. The number of carbonyl (C=O) groups excluding carboxylic acids is 1. The van der Waals surface area contributed by atoms with E-state index in [2.05, 4.69) is 9.47 Å². The summed E-state index contributed by atoms with van der Waals surface area (Å²) in [5.41, 5.74) is -19.2. The first-order chi connectivity index (χ1) is 23.8. The van der Waals surface area contributed by atoms with Gasteiger partial charge in [-0.25, -0.2) is 4.79 Å². The number of nitrogens with one attached hydrogen (secondary N) is 1. The fourth-order valence-electron chi connectivity index (χ4n) is 5.59. The largest absolute Gasteiger partial charge is 0.481 e. The van der Waals surface area contributed by atoms with Crippen molar-refractivity contribution in [3.63, 3.8) is 0 Å². The van der Waals surface area contributed by atoms with Crippen LogP contribution < -0.4 is 5.32 Å². The van der Waals surface area contributed by atoms with E-state index >= 15 is 0 Å². The van der Waals surface area contributed by atoms with Crippen LogP contribution in [0, 0.1) is 5.41 Å². The van der Waals surface area contributed by atoms with E-state index in [-0.39, 0.29) is 0 Å². The van der Waals surface area contributed by atoms with Crippen molar-refractivity contribution in [1.29, 1.82) is 0 Å². The molecule has 2 N–H and O–H groups in total. The van der Waals surface area contributed by atoms with Crippen LogP contribution in [0.15, 0.2) is 48.5 Å². The highest BCUT2D eigenvalue weighted by Crippen LogP contribution is 2.60. The lowest BCUT2D eigenvalue weighted by Crippen LogP contribution is -2.76. The minimum absolute atomic E-state index is 0.381. The van der Waals surface area contributed by atoms with E-state index in [1.54, 1.807) is 24.3 Å². The number of benzene rings is 2. The number of alkyl halides is 18. The van der Waals surface area contributed by atoms with Crippen molar-refractivity contribution >= 4 is 12.1 Å². The van der Waals surface area contributed by atoms with E-state index in [0.717, 1.165) is 5.32 Å². The van der Waals surface area contributed by atoms with Gasteiger partial charge in [-0.2, -0.15) is 79.0 Å². The molecule has 298 valence electrons. The third-order valence-corrected chi connectivity index (χ3v) is 7.94. The smallest absolute Gasteiger partial charge is 0.435 e. The van der Waals surface area contributed by atoms with Crippen molar-refractivity contribution in [3.05, 3.63) is 59.7 Å². The number of carbonyl (C=O) groups is 2. The summed E-state index contributed by atoms with van der Waals surface area (Å²) in [6.07, 6.45) is -47.8. The number of ether oxygens (including phenoxy) is 3. The number of rotatable bonds is 11. The molecule has 53 heavy (non-hydrogen) atoms. The first-order valence-corrected chi connectivity index (χ1v) is 13.8. The fourth-order valence-corrected chi connectivity index (χ4v) is 5.59. The molecule has 25 heteroatoms. The number of alkyl carbamates (subject to hydrolysis) is 1. The molecule has 0 aromatic heterocycles. The number of carboxylic acids is 1. The Balaban J connectivity index is 2.20.